The Hall–Kier alpha value is -0.910. The Balaban J connectivity index is 1.82. The molecule has 22 heavy (non-hydrogen) atoms. The summed E-state index contributed by atoms with van der Waals surface area (Å²) in [6, 6.07) is 1.87. The van der Waals surface area contributed by atoms with Crippen molar-refractivity contribution in [3.8, 4) is 0 Å². The predicted octanol–water partition coefficient (Wildman–Crippen LogP) is 2.81. The molecule has 1 aromatic rings. The van der Waals surface area contributed by atoms with Crippen molar-refractivity contribution in [3.05, 3.63) is 21.9 Å². The maximum absolute atomic E-state index is 6.07. The topological polar surface area (TPSA) is 50.6 Å². The third-order valence-corrected chi connectivity index (χ3v) is 5.14. The van der Waals surface area contributed by atoms with Crippen molar-refractivity contribution in [2.24, 2.45) is 17.5 Å². The van der Waals surface area contributed by atoms with Crippen molar-refractivity contribution in [1.29, 1.82) is 0 Å². The normalized spacial score (nSPS) is 16.7. The van der Waals surface area contributed by atoms with Crippen LogP contribution in [0.1, 0.15) is 25.0 Å². The molecule has 1 aromatic heterocycles. The zero-order valence-corrected chi connectivity index (χ0v) is 14.9. The summed E-state index contributed by atoms with van der Waals surface area (Å²) < 4.78 is 7.05. The Morgan fingerprint density at radius 2 is 2.14 bits per heavy atom. The molecule has 0 bridgehead atoms. The molecule has 0 unspecified atom stereocenters. The van der Waals surface area contributed by atoms with Gasteiger partial charge in [-0.25, -0.2) is 0 Å². The first kappa shape index (κ1) is 17.4. The second-order valence-electron chi connectivity index (χ2n) is 5.86. The first-order valence-corrected chi connectivity index (χ1v) is 8.20. The van der Waals surface area contributed by atoms with Gasteiger partial charge < -0.3 is 19.9 Å². The third kappa shape index (κ3) is 4.31. The van der Waals surface area contributed by atoms with Gasteiger partial charge in [0, 0.05) is 40.1 Å². The lowest BCUT2D eigenvalue weighted by molar-refractivity contribution is 0.172. The highest BCUT2D eigenvalue weighted by atomic mass is 35.5. The van der Waals surface area contributed by atoms with Gasteiger partial charge in [-0.3, -0.25) is 4.99 Å². The minimum Gasteiger partial charge on any atom is -0.385 e. The number of aromatic nitrogens is 1. The molecular formula is C15H24Cl2N4O. The summed E-state index contributed by atoms with van der Waals surface area (Å²) in [6.45, 7) is 2.35. The molecule has 1 aliphatic carbocycles. The van der Waals surface area contributed by atoms with Crippen LogP contribution in [0.5, 0.6) is 0 Å². The number of nitrogens with zero attached hydrogens (tertiary/aromatic N) is 2. The Bertz CT molecular complexity index is 538. The molecule has 0 atom stereocenters. The van der Waals surface area contributed by atoms with Gasteiger partial charge in [0.2, 0.25) is 0 Å². The molecule has 5 nitrogen and oxygen atoms in total. The van der Waals surface area contributed by atoms with Gasteiger partial charge in [0.05, 0.1) is 11.6 Å². The van der Waals surface area contributed by atoms with Crippen LogP contribution in [-0.4, -0.2) is 37.8 Å². The summed E-state index contributed by atoms with van der Waals surface area (Å²) in [5.41, 5.74) is 1.39. The molecule has 2 rings (SSSR count). The molecule has 2 N–H and O–H groups in total. The van der Waals surface area contributed by atoms with E-state index in [9.17, 15) is 0 Å². The summed E-state index contributed by atoms with van der Waals surface area (Å²) in [6.07, 6.45) is 3.60. The fraction of sp³-hybridized carbons (Fsp3) is 0.667. The van der Waals surface area contributed by atoms with Crippen molar-refractivity contribution in [2.75, 3.05) is 27.3 Å². The molecule has 0 radical (unpaired) electrons. The SMILES string of the molecule is CN=C(NCc1cc(Cl)c(Cl)n1C)NCC1(CCOC)CC1. The molecule has 0 saturated heterocycles. The average Bonchev–Trinajstić information content (AvgIpc) is 3.25. The summed E-state index contributed by atoms with van der Waals surface area (Å²) in [7, 11) is 5.42. The molecule has 0 aromatic carbocycles. The summed E-state index contributed by atoms with van der Waals surface area (Å²) in [5, 5.41) is 7.82. The van der Waals surface area contributed by atoms with Crippen LogP contribution in [0, 0.1) is 5.41 Å². The van der Waals surface area contributed by atoms with E-state index < -0.39 is 0 Å². The van der Waals surface area contributed by atoms with E-state index in [1.165, 1.54) is 12.8 Å². The lowest BCUT2D eigenvalue weighted by Gasteiger charge is -2.18. The van der Waals surface area contributed by atoms with Crippen LogP contribution < -0.4 is 10.6 Å². The number of guanidine groups is 1. The molecular weight excluding hydrogens is 323 g/mol. The third-order valence-electron chi connectivity index (χ3n) is 4.30. The largest absolute Gasteiger partial charge is 0.385 e. The van der Waals surface area contributed by atoms with Crippen LogP contribution >= 0.6 is 23.2 Å². The number of methoxy groups -OCH3 is 1. The number of nitrogens with one attached hydrogen (secondary N) is 2. The fourth-order valence-corrected chi connectivity index (χ4v) is 2.85. The van der Waals surface area contributed by atoms with Crippen molar-refractivity contribution in [3.63, 3.8) is 0 Å². The van der Waals surface area contributed by atoms with E-state index >= 15 is 0 Å². The highest BCUT2D eigenvalue weighted by Crippen LogP contribution is 2.48. The van der Waals surface area contributed by atoms with Crippen LogP contribution in [-0.2, 0) is 18.3 Å². The van der Waals surface area contributed by atoms with Crippen molar-refractivity contribution in [1.82, 2.24) is 15.2 Å². The molecule has 0 amide bonds. The minimum absolute atomic E-state index is 0.380. The van der Waals surface area contributed by atoms with Crippen LogP contribution in [0.3, 0.4) is 0 Å². The molecule has 1 heterocycles. The smallest absolute Gasteiger partial charge is 0.191 e. The number of rotatable bonds is 7. The summed E-state index contributed by atoms with van der Waals surface area (Å²) >= 11 is 12.1. The van der Waals surface area contributed by atoms with Gasteiger partial charge in [0.15, 0.2) is 5.96 Å². The van der Waals surface area contributed by atoms with E-state index in [4.69, 9.17) is 27.9 Å². The molecule has 1 saturated carbocycles. The molecule has 0 spiro atoms. The van der Waals surface area contributed by atoms with E-state index in [0.29, 0.717) is 22.1 Å². The molecule has 1 aliphatic rings. The second-order valence-corrected chi connectivity index (χ2v) is 6.62. The molecule has 0 aliphatic heterocycles. The lowest BCUT2D eigenvalue weighted by Crippen LogP contribution is -2.40. The summed E-state index contributed by atoms with van der Waals surface area (Å²) in [4.78, 5) is 4.26. The van der Waals surface area contributed by atoms with Gasteiger partial charge >= 0.3 is 0 Å². The second kappa shape index (κ2) is 7.57. The van der Waals surface area contributed by atoms with Crippen LogP contribution in [0.4, 0.5) is 0 Å². The van der Waals surface area contributed by atoms with Crippen LogP contribution in [0.2, 0.25) is 10.2 Å². The van der Waals surface area contributed by atoms with Gasteiger partial charge in [0.25, 0.3) is 0 Å². The average molecular weight is 347 g/mol. The van der Waals surface area contributed by atoms with E-state index in [1.54, 1.807) is 14.2 Å². The first-order valence-electron chi connectivity index (χ1n) is 7.44. The van der Waals surface area contributed by atoms with E-state index in [-0.39, 0.29) is 0 Å². The molecule has 124 valence electrons. The molecule has 7 heteroatoms. The quantitative estimate of drug-likeness (QED) is 0.589. The monoisotopic (exact) mass is 346 g/mol. The number of hydrogen-bond acceptors (Lipinski definition) is 2. The van der Waals surface area contributed by atoms with Crippen molar-refractivity contribution < 1.29 is 4.74 Å². The minimum atomic E-state index is 0.380. The zero-order chi connectivity index (χ0) is 16.2. The highest BCUT2D eigenvalue weighted by molar-refractivity contribution is 6.41. The molecule has 1 fully saturated rings. The Morgan fingerprint density at radius 3 is 2.64 bits per heavy atom. The number of aliphatic imine (C=N–C) groups is 1. The van der Waals surface area contributed by atoms with Gasteiger partial charge in [-0.15, -0.1) is 0 Å². The van der Waals surface area contributed by atoms with E-state index in [2.05, 4.69) is 15.6 Å². The van der Waals surface area contributed by atoms with Crippen molar-refractivity contribution in [2.45, 2.75) is 25.8 Å². The fourth-order valence-electron chi connectivity index (χ4n) is 2.44. The standard InChI is InChI=1S/C15H24Cl2N4O/c1-18-14(20-10-15(4-5-15)6-7-22-3)19-9-11-8-12(16)13(17)21(11)2/h8H,4-7,9-10H2,1-3H3,(H2,18,19,20). The van der Waals surface area contributed by atoms with E-state index in [0.717, 1.165) is 31.2 Å². The highest BCUT2D eigenvalue weighted by Gasteiger charge is 2.41. The van der Waals surface area contributed by atoms with Gasteiger partial charge in [-0.1, -0.05) is 23.2 Å². The van der Waals surface area contributed by atoms with Gasteiger partial charge in [0.1, 0.15) is 5.15 Å². The Morgan fingerprint density at radius 1 is 1.41 bits per heavy atom. The van der Waals surface area contributed by atoms with Crippen LogP contribution in [0.25, 0.3) is 0 Å². The maximum atomic E-state index is 6.07. The summed E-state index contributed by atoms with van der Waals surface area (Å²) in [5.74, 6) is 0.789. The zero-order valence-electron chi connectivity index (χ0n) is 13.4. The van der Waals surface area contributed by atoms with Gasteiger partial charge in [-0.05, 0) is 30.7 Å². The Kier molecular flexibility index (Phi) is 6.01. The number of ether oxygens (including phenoxy) is 1. The number of halogens is 2. The Labute approximate surface area is 142 Å². The van der Waals surface area contributed by atoms with Crippen molar-refractivity contribution >= 4 is 29.2 Å². The number of hydrogen-bond donors (Lipinski definition) is 2. The lowest BCUT2D eigenvalue weighted by atomic mass is 10.0. The van der Waals surface area contributed by atoms with E-state index in [1.807, 2.05) is 17.7 Å². The van der Waals surface area contributed by atoms with Crippen LogP contribution in [0.15, 0.2) is 11.1 Å². The maximum Gasteiger partial charge on any atom is 0.191 e. The predicted molar refractivity (Wildman–Crippen MR) is 91.8 cm³/mol. The first-order chi connectivity index (χ1) is 10.5. The van der Waals surface area contributed by atoms with Gasteiger partial charge in [-0.2, -0.15) is 0 Å².